The standard InChI is InChI=1S/C13H26O2S/c1-3-4-5-6-7-8-9-10-11-16-12(2)13(14)15/h12H,3-11H2,1-2H3,(H,14,15). The van der Waals surface area contributed by atoms with E-state index in [4.69, 9.17) is 5.11 Å². The van der Waals surface area contributed by atoms with Crippen molar-refractivity contribution in [3.8, 4) is 0 Å². The minimum absolute atomic E-state index is 0.246. The fourth-order valence-corrected chi connectivity index (χ4v) is 2.43. The Balaban J connectivity index is 3.07. The van der Waals surface area contributed by atoms with Crippen molar-refractivity contribution in [1.82, 2.24) is 0 Å². The van der Waals surface area contributed by atoms with Crippen LogP contribution in [0.3, 0.4) is 0 Å². The van der Waals surface area contributed by atoms with E-state index in [0.29, 0.717) is 0 Å². The summed E-state index contributed by atoms with van der Waals surface area (Å²) >= 11 is 1.56. The summed E-state index contributed by atoms with van der Waals surface area (Å²) in [6.07, 6.45) is 10.5. The van der Waals surface area contributed by atoms with Crippen LogP contribution in [-0.4, -0.2) is 22.1 Å². The highest BCUT2D eigenvalue weighted by atomic mass is 32.2. The Bertz CT molecular complexity index is 171. The second kappa shape index (κ2) is 11.3. The highest BCUT2D eigenvalue weighted by molar-refractivity contribution is 8.00. The molecule has 0 aliphatic carbocycles. The Hall–Kier alpha value is -0.180. The summed E-state index contributed by atoms with van der Waals surface area (Å²) in [5, 5.41) is 8.44. The summed E-state index contributed by atoms with van der Waals surface area (Å²) < 4.78 is 0. The van der Waals surface area contributed by atoms with Gasteiger partial charge in [0.15, 0.2) is 0 Å². The molecule has 0 radical (unpaired) electrons. The van der Waals surface area contributed by atoms with Gasteiger partial charge in [-0.15, -0.1) is 11.8 Å². The van der Waals surface area contributed by atoms with E-state index in [0.717, 1.165) is 12.2 Å². The van der Waals surface area contributed by atoms with Gasteiger partial charge in [-0.3, -0.25) is 4.79 Å². The Morgan fingerprint density at radius 3 is 2.06 bits per heavy atom. The average Bonchev–Trinajstić information content (AvgIpc) is 2.26. The number of unbranched alkanes of at least 4 members (excludes halogenated alkanes) is 7. The van der Waals surface area contributed by atoms with Crippen molar-refractivity contribution in [1.29, 1.82) is 0 Å². The van der Waals surface area contributed by atoms with Crippen LogP contribution in [-0.2, 0) is 4.79 Å². The molecule has 1 atom stereocenters. The van der Waals surface area contributed by atoms with Gasteiger partial charge in [-0.2, -0.15) is 0 Å². The molecule has 0 saturated heterocycles. The second-order valence-electron chi connectivity index (χ2n) is 4.33. The molecule has 0 rings (SSSR count). The first-order valence-electron chi connectivity index (χ1n) is 6.53. The fraction of sp³-hybridized carbons (Fsp3) is 0.923. The van der Waals surface area contributed by atoms with E-state index in [1.165, 1.54) is 44.9 Å². The third-order valence-corrected chi connectivity index (χ3v) is 3.94. The Kier molecular flexibility index (Phi) is 11.2. The van der Waals surface area contributed by atoms with E-state index in [-0.39, 0.29) is 5.25 Å². The third-order valence-electron chi connectivity index (χ3n) is 2.71. The van der Waals surface area contributed by atoms with E-state index in [2.05, 4.69) is 6.92 Å². The summed E-state index contributed by atoms with van der Waals surface area (Å²) in [5.74, 6) is 0.298. The van der Waals surface area contributed by atoms with E-state index in [1.54, 1.807) is 18.7 Å². The molecule has 0 bridgehead atoms. The number of hydrogen-bond acceptors (Lipinski definition) is 2. The van der Waals surface area contributed by atoms with E-state index in [1.807, 2.05) is 0 Å². The van der Waals surface area contributed by atoms with Crippen molar-refractivity contribution >= 4 is 17.7 Å². The van der Waals surface area contributed by atoms with Gasteiger partial charge in [0.1, 0.15) is 0 Å². The molecule has 2 nitrogen and oxygen atoms in total. The van der Waals surface area contributed by atoms with Gasteiger partial charge < -0.3 is 5.11 Å². The van der Waals surface area contributed by atoms with Crippen molar-refractivity contribution in [3.05, 3.63) is 0 Å². The van der Waals surface area contributed by atoms with E-state index >= 15 is 0 Å². The Morgan fingerprint density at radius 1 is 1.06 bits per heavy atom. The van der Waals surface area contributed by atoms with E-state index < -0.39 is 5.97 Å². The number of carbonyl (C=O) groups is 1. The maximum atomic E-state index is 10.5. The van der Waals surface area contributed by atoms with Crippen LogP contribution in [0, 0.1) is 0 Å². The zero-order valence-electron chi connectivity index (χ0n) is 10.7. The maximum Gasteiger partial charge on any atom is 0.316 e. The molecular formula is C13H26O2S. The molecule has 16 heavy (non-hydrogen) atoms. The molecule has 0 heterocycles. The molecule has 0 amide bonds. The van der Waals surface area contributed by atoms with Gasteiger partial charge in [0.25, 0.3) is 0 Å². The molecule has 0 aliphatic rings. The molecule has 0 saturated carbocycles. The lowest BCUT2D eigenvalue weighted by atomic mass is 10.1. The molecule has 0 aromatic carbocycles. The first-order chi connectivity index (χ1) is 7.68. The van der Waals surface area contributed by atoms with Gasteiger partial charge in [0.2, 0.25) is 0 Å². The highest BCUT2D eigenvalue weighted by Gasteiger charge is 2.09. The van der Waals surface area contributed by atoms with Crippen molar-refractivity contribution in [3.63, 3.8) is 0 Å². The summed E-state index contributed by atoms with van der Waals surface area (Å²) in [6, 6.07) is 0. The van der Waals surface area contributed by atoms with Gasteiger partial charge >= 0.3 is 5.97 Å². The molecule has 0 aromatic heterocycles. The minimum atomic E-state index is -0.690. The smallest absolute Gasteiger partial charge is 0.316 e. The van der Waals surface area contributed by atoms with E-state index in [9.17, 15) is 4.79 Å². The van der Waals surface area contributed by atoms with Crippen molar-refractivity contribution in [2.24, 2.45) is 0 Å². The average molecular weight is 246 g/mol. The van der Waals surface area contributed by atoms with Crippen LogP contribution < -0.4 is 0 Å². The summed E-state index contributed by atoms with van der Waals surface area (Å²) in [4.78, 5) is 10.5. The summed E-state index contributed by atoms with van der Waals surface area (Å²) in [5.41, 5.74) is 0. The minimum Gasteiger partial charge on any atom is -0.480 e. The molecule has 0 spiro atoms. The van der Waals surface area contributed by atoms with Crippen LogP contribution in [0.4, 0.5) is 0 Å². The molecule has 0 aromatic rings. The number of carboxylic acid groups (broad SMARTS) is 1. The lowest BCUT2D eigenvalue weighted by molar-refractivity contribution is -0.136. The predicted octanol–water partition coefficient (Wildman–Crippen LogP) is 4.33. The number of rotatable bonds is 11. The summed E-state index contributed by atoms with van der Waals surface area (Å²) in [7, 11) is 0. The third kappa shape index (κ3) is 10.3. The van der Waals surface area contributed by atoms with Crippen molar-refractivity contribution < 1.29 is 9.90 Å². The predicted molar refractivity (Wildman–Crippen MR) is 72.2 cm³/mol. The Labute approximate surface area is 104 Å². The zero-order valence-corrected chi connectivity index (χ0v) is 11.5. The van der Waals surface area contributed by atoms with Crippen LogP contribution in [0.1, 0.15) is 65.2 Å². The maximum absolute atomic E-state index is 10.5. The lowest BCUT2D eigenvalue weighted by Gasteiger charge is -2.05. The van der Waals surface area contributed by atoms with Gasteiger partial charge in [-0.1, -0.05) is 51.9 Å². The van der Waals surface area contributed by atoms with Gasteiger partial charge in [-0.05, 0) is 19.1 Å². The van der Waals surface area contributed by atoms with Crippen LogP contribution in [0.5, 0.6) is 0 Å². The van der Waals surface area contributed by atoms with Crippen molar-refractivity contribution in [2.75, 3.05) is 5.75 Å². The second-order valence-corrected chi connectivity index (χ2v) is 5.77. The molecule has 3 heteroatoms. The highest BCUT2D eigenvalue weighted by Crippen LogP contribution is 2.15. The zero-order chi connectivity index (χ0) is 12.2. The molecular weight excluding hydrogens is 220 g/mol. The lowest BCUT2D eigenvalue weighted by Crippen LogP contribution is -2.11. The summed E-state index contributed by atoms with van der Waals surface area (Å²) in [6.45, 7) is 4.00. The quantitative estimate of drug-likeness (QED) is 0.551. The molecule has 0 aliphatic heterocycles. The molecule has 0 fully saturated rings. The number of hydrogen-bond donors (Lipinski definition) is 1. The topological polar surface area (TPSA) is 37.3 Å². The first-order valence-corrected chi connectivity index (χ1v) is 7.57. The monoisotopic (exact) mass is 246 g/mol. The largest absolute Gasteiger partial charge is 0.480 e. The van der Waals surface area contributed by atoms with Crippen LogP contribution >= 0.6 is 11.8 Å². The number of carboxylic acids is 1. The molecule has 1 N–H and O–H groups in total. The number of aliphatic carboxylic acids is 1. The molecule has 1 unspecified atom stereocenters. The van der Waals surface area contributed by atoms with Crippen LogP contribution in [0.15, 0.2) is 0 Å². The van der Waals surface area contributed by atoms with Crippen LogP contribution in [0.25, 0.3) is 0 Å². The first kappa shape index (κ1) is 15.8. The normalized spacial score (nSPS) is 12.6. The van der Waals surface area contributed by atoms with Crippen molar-refractivity contribution in [2.45, 2.75) is 70.5 Å². The Morgan fingerprint density at radius 2 is 1.56 bits per heavy atom. The van der Waals surface area contributed by atoms with Gasteiger partial charge in [0, 0.05) is 0 Å². The molecule has 96 valence electrons. The number of thioether (sulfide) groups is 1. The van der Waals surface area contributed by atoms with Gasteiger partial charge in [0.05, 0.1) is 5.25 Å². The van der Waals surface area contributed by atoms with Crippen LogP contribution in [0.2, 0.25) is 0 Å². The van der Waals surface area contributed by atoms with Gasteiger partial charge in [-0.25, -0.2) is 0 Å². The fourth-order valence-electron chi connectivity index (χ4n) is 1.57. The SMILES string of the molecule is CCCCCCCCCCSC(C)C(=O)O.